The lowest BCUT2D eigenvalue weighted by molar-refractivity contribution is -0.888. The first kappa shape index (κ1) is 18.7. The summed E-state index contributed by atoms with van der Waals surface area (Å²) >= 11 is 0. The Morgan fingerprint density at radius 3 is 2.40 bits per heavy atom. The number of quaternary nitrogens is 1. The molecule has 0 aliphatic rings. The molecule has 0 bridgehead atoms. The number of esters is 1. The van der Waals surface area contributed by atoms with Crippen LogP contribution in [0.5, 0.6) is 0 Å². The molecule has 0 rings (SSSR count). The number of nitriles is 1. The minimum atomic E-state index is -0.0890. The van der Waals surface area contributed by atoms with Crippen LogP contribution in [0.1, 0.15) is 45.4 Å². The molecule has 0 aliphatic carbocycles. The molecule has 0 saturated carbocycles. The first-order valence-electron chi connectivity index (χ1n) is 7.50. The summed E-state index contributed by atoms with van der Waals surface area (Å²) in [6.07, 6.45) is 7.09. The van der Waals surface area contributed by atoms with Gasteiger partial charge in [0, 0.05) is 6.42 Å². The maximum Gasteiger partial charge on any atom is 0.305 e. The largest absolute Gasteiger partial charge is 0.460 e. The van der Waals surface area contributed by atoms with Crippen LogP contribution < -0.4 is 0 Å². The van der Waals surface area contributed by atoms with Crippen molar-refractivity contribution in [1.82, 2.24) is 0 Å². The van der Waals surface area contributed by atoms with Crippen molar-refractivity contribution < 1.29 is 18.8 Å². The van der Waals surface area contributed by atoms with Crippen molar-refractivity contribution in [2.45, 2.75) is 45.4 Å². The molecule has 0 N–H and O–H groups in total. The fourth-order valence-electron chi connectivity index (χ4n) is 1.66. The highest BCUT2D eigenvalue weighted by atomic mass is 16.5. The average molecular weight is 285 g/mol. The highest BCUT2D eigenvalue weighted by molar-refractivity contribution is 5.69. The van der Waals surface area contributed by atoms with E-state index in [-0.39, 0.29) is 5.97 Å². The third-order valence-corrected chi connectivity index (χ3v) is 3.51. The fourth-order valence-corrected chi connectivity index (χ4v) is 1.66. The van der Waals surface area contributed by atoms with E-state index in [0.29, 0.717) is 19.6 Å². The minimum Gasteiger partial charge on any atom is -0.460 e. The highest BCUT2D eigenvalue weighted by Crippen LogP contribution is 2.06. The van der Waals surface area contributed by atoms with Crippen LogP contribution >= 0.6 is 0 Å². The van der Waals surface area contributed by atoms with Crippen LogP contribution in [0.4, 0.5) is 0 Å². The summed E-state index contributed by atoms with van der Waals surface area (Å²) in [4.78, 5) is 11.5. The summed E-state index contributed by atoms with van der Waals surface area (Å²) in [6.45, 7) is 5.03. The predicted octanol–water partition coefficient (Wildman–Crippen LogP) is 2.46. The summed E-state index contributed by atoms with van der Waals surface area (Å²) in [5, 5.41) is 8.18. The number of nitrogens with zero attached hydrogens (tertiary/aromatic N) is 2. The Morgan fingerprint density at radius 1 is 1.10 bits per heavy atom. The van der Waals surface area contributed by atoms with Gasteiger partial charge >= 0.3 is 5.97 Å². The first-order valence-corrected chi connectivity index (χ1v) is 7.50. The summed E-state index contributed by atoms with van der Waals surface area (Å²) in [5.74, 6) is -0.0890. The second kappa shape index (κ2) is 11.5. The number of carbonyl (C=O) groups excluding carboxylic acids is 1. The molecule has 0 radical (unpaired) electrons. The lowest BCUT2D eigenvalue weighted by Gasteiger charge is -2.27. The zero-order valence-electron chi connectivity index (χ0n) is 13.2. The smallest absolute Gasteiger partial charge is 0.305 e. The number of likely N-dealkylation sites (N-methyl/N-ethyl adjacent to an activating group) is 1. The van der Waals surface area contributed by atoms with Gasteiger partial charge in [-0.1, -0.05) is 19.3 Å². The molecule has 0 aliphatic heterocycles. The molecule has 0 spiro atoms. The molecule has 0 heterocycles. The molecule has 0 amide bonds. The van der Waals surface area contributed by atoms with E-state index in [9.17, 15) is 4.79 Å². The zero-order valence-corrected chi connectivity index (χ0v) is 13.2. The van der Waals surface area contributed by atoms with Gasteiger partial charge in [-0.05, 0) is 19.8 Å². The number of carbonyl (C=O) groups is 1. The second-order valence-electron chi connectivity index (χ2n) is 5.65. The number of unbranched alkanes of at least 4 members (excludes halogenated alkanes) is 4. The van der Waals surface area contributed by atoms with Crippen molar-refractivity contribution >= 4 is 5.97 Å². The van der Waals surface area contributed by atoms with Gasteiger partial charge in [0.25, 0.3) is 6.26 Å². The van der Waals surface area contributed by atoms with E-state index >= 15 is 0 Å². The van der Waals surface area contributed by atoms with Crippen molar-refractivity contribution in [3.05, 3.63) is 0 Å². The molecule has 0 aromatic heterocycles. The van der Waals surface area contributed by atoms with Gasteiger partial charge in [0.05, 0.1) is 20.6 Å². The Labute approximate surface area is 123 Å². The van der Waals surface area contributed by atoms with Gasteiger partial charge in [-0.3, -0.25) is 4.79 Å². The summed E-state index contributed by atoms with van der Waals surface area (Å²) in [7, 11) is 4.26. The molecule has 0 fully saturated rings. The standard InChI is InChI=1S/C15H29N2O3/c1-4-17(2,3)11-13-20-15(18)10-8-6-5-7-9-12-19-14-16/h4-13H2,1-3H3/q+1. The van der Waals surface area contributed by atoms with Crippen LogP contribution in [0.25, 0.3) is 0 Å². The van der Waals surface area contributed by atoms with Crippen LogP contribution in [0.15, 0.2) is 0 Å². The van der Waals surface area contributed by atoms with Crippen LogP contribution in [-0.2, 0) is 14.3 Å². The molecule has 0 unspecified atom stereocenters. The van der Waals surface area contributed by atoms with Crippen LogP contribution in [0.2, 0.25) is 0 Å². The van der Waals surface area contributed by atoms with E-state index in [1.54, 1.807) is 6.26 Å². The molecule has 116 valence electrons. The topological polar surface area (TPSA) is 59.3 Å². The van der Waals surface area contributed by atoms with Gasteiger partial charge in [0.2, 0.25) is 0 Å². The SMILES string of the molecule is CC[N+](C)(C)CCOC(=O)CCCCCCCOC#N. The van der Waals surface area contributed by atoms with E-state index in [0.717, 1.165) is 49.7 Å². The Bertz CT molecular complexity index is 298. The van der Waals surface area contributed by atoms with Crippen molar-refractivity contribution in [2.75, 3.05) is 40.4 Å². The van der Waals surface area contributed by atoms with Gasteiger partial charge < -0.3 is 14.0 Å². The highest BCUT2D eigenvalue weighted by Gasteiger charge is 2.12. The summed E-state index contributed by atoms with van der Waals surface area (Å²) in [5.41, 5.74) is 0. The monoisotopic (exact) mass is 285 g/mol. The number of hydrogen-bond donors (Lipinski definition) is 0. The van der Waals surface area contributed by atoms with Crippen molar-refractivity contribution in [1.29, 1.82) is 5.26 Å². The Kier molecular flexibility index (Phi) is 10.8. The van der Waals surface area contributed by atoms with E-state index in [2.05, 4.69) is 25.8 Å². The molecular weight excluding hydrogens is 256 g/mol. The molecule has 5 heteroatoms. The maximum absolute atomic E-state index is 11.5. The van der Waals surface area contributed by atoms with E-state index < -0.39 is 0 Å². The maximum atomic E-state index is 11.5. The van der Waals surface area contributed by atoms with Gasteiger partial charge in [-0.15, -0.1) is 0 Å². The minimum absolute atomic E-state index is 0.0890. The predicted molar refractivity (Wildman–Crippen MR) is 77.7 cm³/mol. The lowest BCUT2D eigenvalue weighted by Crippen LogP contribution is -2.42. The molecule has 0 aromatic rings. The average Bonchev–Trinajstić information content (AvgIpc) is 2.41. The van der Waals surface area contributed by atoms with Gasteiger partial charge in [-0.2, -0.15) is 5.26 Å². The van der Waals surface area contributed by atoms with Crippen molar-refractivity contribution in [2.24, 2.45) is 0 Å². The second-order valence-corrected chi connectivity index (χ2v) is 5.65. The Balaban J connectivity index is 3.35. The van der Waals surface area contributed by atoms with Gasteiger partial charge in [0.15, 0.2) is 0 Å². The molecule has 20 heavy (non-hydrogen) atoms. The Morgan fingerprint density at radius 2 is 1.75 bits per heavy atom. The summed E-state index contributed by atoms with van der Waals surface area (Å²) in [6, 6.07) is 0. The van der Waals surface area contributed by atoms with E-state index in [1.165, 1.54) is 0 Å². The van der Waals surface area contributed by atoms with E-state index in [1.807, 2.05) is 0 Å². The molecular formula is C15H29N2O3+. The molecule has 0 aromatic carbocycles. The summed E-state index contributed by atoms with van der Waals surface area (Å²) < 4.78 is 10.7. The third-order valence-electron chi connectivity index (χ3n) is 3.51. The number of ether oxygens (including phenoxy) is 2. The van der Waals surface area contributed by atoms with Crippen LogP contribution in [-0.4, -0.2) is 50.9 Å². The molecule has 0 atom stereocenters. The Hall–Kier alpha value is -1.28. The first-order chi connectivity index (χ1) is 9.52. The number of hydrogen-bond acceptors (Lipinski definition) is 4. The van der Waals surface area contributed by atoms with E-state index in [4.69, 9.17) is 10.00 Å². The van der Waals surface area contributed by atoms with Crippen LogP contribution in [0, 0.1) is 11.5 Å². The van der Waals surface area contributed by atoms with Crippen LogP contribution in [0.3, 0.4) is 0 Å². The normalized spacial score (nSPS) is 10.9. The van der Waals surface area contributed by atoms with Crippen molar-refractivity contribution in [3.63, 3.8) is 0 Å². The number of rotatable bonds is 12. The molecule has 5 nitrogen and oxygen atoms in total. The quantitative estimate of drug-likeness (QED) is 0.239. The molecule has 0 saturated heterocycles. The fraction of sp³-hybridized carbons (Fsp3) is 0.867. The lowest BCUT2D eigenvalue weighted by atomic mass is 10.1. The van der Waals surface area contributed by atoms with Gasteiger partial charge in [0.1, 0.15) is 19.8 Å². The van der Waals surface area contributed by atoms with Gasteiger partial charge in [-0.25, -0.2) is 0 Å². The van der Waals surface area contributed by atoms with Crippen molar-refractivity contribution in [3.8, 4) is 6.26 Å². The zero-order chi connectivity index (χ0) is 15.3. The third kappa shape index (κ3) is 11.8.